The molecule has 0 atom stereocenters. The molecule has 0 bridgehead atoms. The van der Waals surface area contributed by atoms with Crippen LogP contribution in [0.15, 0.2) is 134 Å². The van der Waals surface area contributed by atoms with E-state index < -0.39 is 0 Å². The van der Waals surface area contributed by atoms with Crippen molar-refractivity contribution in [2.45, 2.75) is 0 Å². The van der Waals surface area contributed by atoms with Gasteiger partial charge in [-0.3, -0.25) is 9.47 Å². The Kier molecular flexibility index (Phi) is 5.38. The van der Waals surface area contributed by atoms with Crippen LogP contribution in [0.3, 0.4) is 0 Å². The number of para-hydroxylation sites is 2. The van der Waals surface area contributed by atoms with Crippen molar-refractivity contribution in [3.63, 3.8) is 0 Å². The maximum Gasteiger partial charge on any atom is 0.145 e. The molecule has 3 aromatic heterocycles. The fourth-order valence-corrected chi connectivity index (χ4v) is 5.68. The molecule has 8 rings (SSSR count). The molecule has 41 heavy (non-hydrogen) atoms. The molecule has 0 aliphatic carbocycles. The second-order valence-corrected chi connectivity index (χ2v) is 9.96. The molecule has 0 radical (unpaired) electrons. The van der Waals surface area contributed by atoms with Crippen molar-refractivity contribution >= 4 is 51.3 Å². The maximum atomic E-state index is 6.52. The van der Waals surface area contributed by atoms with Crippen LogP contribution in [0.4, 0.5) is 17.2 Å². The van der Waals surface area contributed by atoms with Crippen LogP contribution in [-0.2, 0) is 0 Å². The third-order valence-corrected chi connectivity index (χ3v) is 7.49. The standard InChI is InChI=1S/C36H24N4O/c1-3-14-32-25(9-1)17-18-26-19-20-29(24-34(26)40(32)35-16-5-6-21-37-35)41-28-11-7-10-27(23-28)39-33-15-4-2-12-30(33)31-13-8-22-38-36(31)39/h1-24H. The smallest absolute Gasteiger partial charge is 0.145 e. The second-order valence-electron chi connectivity index (χ2n) is 9.96. The Morgan fingerprint density at radius 3 is 2.24 bits per heavy atom. The van der Waals surface area contributed by atoms with Crippen LogP contribution in [0.5, 0.6) is 11.5 Å². The molecule has 5 heteroatoms. The maximum absolute atomic E-state index is 6.52. The fourth-order valence-electron chi connectivity index (χ4n) is 5.68. The average Bonchev–Trinajstić information content (AvgIpc) is 3.27. The van der Waals surface area contributed by atoms with Gasteiger partial charge in [-0.25, -0.2) is 9.97 Å². The highest BCUT2D eigenvalue weighted by atomic mass is 16.5. The van der Waals surface area contributed by atoms with E-state index in [1.165, 1.54) is 5.39 Å². The molecule has 0 fully saturated rings. The Balaban J connectivity index is 1.22. The Morgan fingerprint density at radius 2 is 1.32 bits per heavy atom. The van der Waals surface area contributed by atoms with Gasteiger partial charge in [0.1, 0.15) is 23.0 Å². The van der Waals surface area contributed by atoms with Crippen LogP contribution in [-0.4, -0.2) is 14.5 Å². The van der Waals surface area contributed by atoms with Crippen LogP contribution in [0.2, 0.25) is 0 Å². The summed E-state index contributed by atoms with van der Waals surface area (Å²) in [7, 11) is 0. The quantitative estimate of drug-likeness (QED) is 0.228. The zero-order valence-electron chi connectivity index (χ0n) is 22.1. The summed E-state index contributed by atoms with van der Waals surface area (Å²) in [5.41, 5.74) is 7.32. The SMILES string of the molecule is C1=Cc2ccc(Oc3cccc(-n4c5ccccc5c5cccnc54)c3)cc2N(c2ccccn2)c2ccccc21. The lowest BCUT2D eigenvalue weighted by atomic mass is 10.1. The van der Waals surface area contributed by atoms with Gasteiger partial charge < -0.3 is 4.74 Å². The van der Waals surface area contributed by atoms with Crippen LogP contribution in [0.25, 0.3) is 39.8 Å². The number of pyridine rings is 2. The van der Waals surface area contributed by atoms with Crippen molar-refractivity contribution in [2.24, 2.45) is 0 Å². The summed E-state index contributed by atoms with van der Waals surface area (Å²) in [4.78, 5) is 11.6. The summed E-state index contributed by atoms with van der Waals surface area (Å²) < 4.78 is 8.71. The molecule has 0 saturated carbocycles. The average molecular weight is 529 g/mol. The predicted octanol–water partition coefficient (Wildman–Crippen LogP) is 9.32. The molecule has 0 N–H and O–H groups in total. The number of hydrogen-bond donors (Lipinski definition) is 0. The van der Waals surface area contributed by atoms with Crippen LogP contribution >= 0.6 is 0 Å². The van der Waals surface area contributed by atoms with Gasteiger partial charge in [-0.15, -0.1) is 0 Å². The summed E-state index contributed by atoms with van der Waals surface area (Å²) in [6.45, 7) is 0. The van der Waals surface area contributed by atoms with Crippen molar-refractivity contribution in [1.82, 2.24) is 14.5 Å². The molecule has 0 amide bonds. The first kappa shape index (κ1) is 23.2. The molecule has 0 spiro atoms. The number of fused-ring (bicyclic) bond motifs is 5. The van der Waals surface area contributed by atoms with E-state index in [1.54, 1.807) is 0 Å². The Bertz CT molecular complexity index is 2040. The van der Waals surface area contributed by atoms with E-state index in [1.807, 2.05) is 54.9 Å². The number of hydrogen-bond acceptors (Lipinski definition) is 4. The van der Waals surface area contributed by atoms with E-state index in [4.69, 9.17) is 14.7 Å². The summed E-state index contributed by atoms with van der Waals surface area (Å²) in [5.74, 6) is 2.34. The number of benzene rings is 4. The molecule has 0 unspecified atom stereocenters. The van der Waals surface area contributed by atoms with Gasteiger partial charge in [0.05, 0.1) is 22.6 Å². The summed E-state index contributed by atoms with van der Waals surface area (Å²) in [6.07, 6.45) is 7.97. The minimum absolute atomic E-state index is 0.745. The lowest BCUT2D eigenvalue weighted by Crippen LogP contribution is -2.13. The van der Waals surface area contributed by atoms with Crippen LogP contribution in [0.1, 0.15) is 11.1 Å². The van der Waals surface area contributed by atoms with Crippen molar-refractivity contribution in [1.29, 1.82) is 0 Å². The number of rotatable bonds is 4. The van der Waals surface area contributed by atoms with E-state index in [-0.39, 0.29) is 0 Å². The monoisotopic (exact) mass is 528 g/mol. The Labute approximate surface area is 237 Å². The normalized spacial score (nSPS) is 12.2. The zero-order valence-corrected chi connectivity index (χ0v) is 22.1. The molecule has 5 nitrogen and oxygen atoms in total. The second kappa shape index (κ2) is 9.50. The lowest BCUT2D eigenvalue weighted by Gasteiger charge is -2.26. The van der Waals surface area contributed by atoms with Gasteiger partial charge in [0.25, 0.3) is 0 Å². The van der Waals surface area contributed by atoms with Gasteiger partial charge >= 0.3 is 0 Å². The van der Waals surface area contributed by atoms with Gasteiger partial charge in [0, 0.05) is 35.3 Å². The summed E-state index contributed by atoms with van der Waals surface area (Å²) in [5, 5.41) is 2.30. The molecular weight excluding hydrogens is 504 g/mol. The van der Waals surface area contributed by atoms with E-state index in [0.717, 1.165) is 62.1 Å². The lowest BCUT2D eigenvalue weighted by molar-refractivity contribution is 0.482. The first-order chi connectivity index (χ1) is 20.3. The minimum Gasteiger partial charge on any atom is -0.457 e. The molecule has 4 heterocycles. The summed E-state index contributed by atoms with van der Waals surface area (Å²) in [6, 6.07) is 41.2. The summed E-state index contributed by atoms with van der Waals surface area (Å²) >= 11 is 0. The molecule has 4 aromatic carbocycles. The van der Waals surface area contributed by atoms with Crippen molar-refractivity contribution in [2.75, 3.05) is 4.90 Å². The highest BCUT2D eigenvalue weighted by molar-refractivity contribution is 6.07. The van der Waals surface area contributed by atoms with E-state index in [9.17, 15) is 0 Å². The molecule has 0 saturated heterocycles. The van der Waals surface area contributed by atoms with Gasteiger partial charge in [0.15, 0.2) is 0 Å². The largest absolute Gasteiger partial charge is 0.457 e. The minimum atomic E-state index is 0.745. The van der Waals surface area contributed by atoms with Crippen molar-refractivity contribution < 1.29 is 4.74 Å². The van der Waals surface area contributed by atoms with E-state index in [2.05, 4.69) is 100 Å². The van der Waals surface area contributed by atoms with Gasteiger partial charge in [0.2, 0.25) is 0 Å². The van der Waals surface area contributed by atoms with E-state index >= 15 is 0 Å². The van der Waals surface area contributed by atoms with Crippen molar-refractivity contribution in [3.8, 4) is 17.2 Å². The fraction of sp³-hybridized carbons (Fsp3) is 0. The molecule has 1 aliphatic rings. The first-order valence-corrected chi connectivity index (χ1v) is 13.6. The molecule has 1 aliphatic heterocycles. The molecule has 194 valence electrons. The molecule has 7 aromatic rings. The van der Waals surface area contributed by atoms with E-state index in [0.29, 0.717) is 0 Å². The first-order valence-electron chi connectivity index (χ1n) is 13.6. The number of nitrogens with zero attached hydrogens (tertiary/aromatic N) is 4. The van der Waals surface area contributed by atoms with Crippen LogP contribution in [0, 0.1) is 0 Å². The van der Waals surface area contributed by atoms with Gasteiger partial charge in [-0.2, -0.15) is 0 Å². The predicted molar refractivity (Wildman–Crippen MR) is 166 cm³/mol. The third kappa shape index (κ3) is 3.95. The highest BCUT2D eigenvalue weighted by Gasteiger charge is 2.21. The number of anilines is 3. The van der Waals surface area contributed by atoms with Crippen LogP contribution < -0.4 is 9.64 Å². The highest BCUT2D eigenvalue weighted by Crippen LogP contribution is 2.43. The van der Waals surface area contributed by atoms with Gasteiger partial charge in [-0.05, 0) is 71.8 Å². The number of ether oxygens (including phenoxy) is 1. The number of aromatic nitrogens is 3. The van der Waals surface area contributed by atoms with Gasteiger partial charge in [-0.1, -0.05) is 60.7 Å². The van der Waals surface area contributed by atoms with Crippen molar-refractivity contribution in [3.05, 3.63) is 145 Å². The zero-order chi connectivity index (χ0) is 27.2. The molecular formula is C36H24N4O. The Hall–Kier alpha value is -5.68. The topological polar surface area (TPSA) is 43.2 Å². The third-order valence-electron chi connectivity index (χ3n) is 7.49. The Morgan fingerprint density at radius 1 is 0.537 bits per heavy atom.